The molecule has 13 heteroatoms. The van der Waals surface area contributed by atoms with E-state index in [9.17, 15) is 26.7 Å². The number of aliphatic hydroxyl groups excluding tert-OH is 1. The Labute approximate surface area is 223 Å². The lowest BCUT2D eigenvalue weighted by molar-refractivity contribution is -0.191. The molecule has 9 nitrogen and oxygen atoms in total. The van der Waals surface area contributed by atoms with Crippen LogP contribution in [0.15, 0.2) is 59.6 Å². The summed E-state index contributed by atoms with van der Waals surface area (Å²) in [6.07, 6.45) is -2.27. The minimum atomic E-state index is -4.71. The quantitative estimate of drug-likeness (QED) is 0.438. The third-order valence-corrected chi connectivity index (χ3v) is 7.31. The van der Waals surface area contributed by atoms with E-state index in [0.717, 1.165) is 38.1 Å². The van der Waals surface area contributed by atoms with Gasteiger partial charge >= 0.3 is 12.3 Å². The summed E-state index contributed by atoms with van der Waals surface area (Å²) in [4.78, 5) is 26.6. The van der Waals surface area contributed by atoms with Gasteiger partial charge in [-0.2, -0.15) is 31.2 Å². The zero-order valence-electron chi connectivity index (χ0n) is 21.0. The number of hydrogen-bond donors (Lipinski definition) is 2. The van der Waals surface area contributed by atoms with Crippen LogP contribution in [0.5, 0.6) is 0 Å². The number of nitrogens with zero attached hydrogens (tertiary/aromatic N) is 3. The highest BCUT2D eigenvalue weighted by atomic mass is 32.2. The zero-order valence-corrected chi connectivity index (χ0v) is 21.8. The minimum absolute atomic E-state index is 0.122. The molecular weight excluding hydrogens is 537 g/mol. The average molecular weight is 565 g/mol. The number of aliphatic hydroxyl groups is 1. The SMILES string of the molecule is CC1CCCN(c2cccc(S(=O)(=O)Nc3ccc(C(F)(F)F)c(-c4ccccc4CCO)n3)n2)C1.O=C=O. The standard InChI is InChI=1S/C25H27F3N4O3S.CO2/c1-17-6-5-14-32(16-17)22-9-4-10-23(30-22)36(34,35)31-21-12-11-20(25(26,27)28)24(29-21)19-8-3-2-7-18(19)13-15-33;2-1-3/h2-4,7-12,17,33H,5-6,13-16H2,1H3,(H,29,31);. The monoisotopic (exact) mass is 564 g/mol. The number of carbonyl (C=O) groups excluding carboxylic acids is 2. The van der Waals surface area contributed by atoms with E-state index < -0.39 is 27.5 Å². The normalized spacial score (nSPS) is 15.6. The molecule has 3 aromatic rings. The van der Waals surface area contributed by atoms with Crippen molar-refractivity contribution in [1.82, 2.24) is 9.97 Å². The largest absolute Gasteiger partial charge is 0.418 e. The Kier molecular flexibility index (Phi) is 9.79. The highest BCUT2D eigenvalue weighted by Crippen LogP contribution is 2.38. The number of piperidine rings is 1. The van der Waals surface area contributed by atoms with Gasteiger partial charge in [-0.25, -0.2) is 9.97 Å². The molecule has 0 saturated carbocycles. The van der Waals surface area contributed by atoms with E-state index in [2.05, 4.69) is 21.6 Å². The summed E-state index contributed by atoms with van der Waals surface area (Å²) in [5.74, 6) is 0.724. The predicted octanol–water partition coefficient (Wildman–Crippen LogP) is 4.15. The van der Waals surface area contributed by atoms with Crippen molar-refractivity contribution in [2.24, 2.45) is 5.92 Å². The van der Waals surface area contributed by atoms with Crippen molar-refractivity contribution in [3.63, 3.8) is 0 Å². The number of rotatable bonds is 7. The van der Waals surface area contributed by atoms with Gasteiger partial charge in [0.2, 0.25) is 0 Å². The molecule has 4 rings (SSSR count). The van der Waals surface area contributed by atoms with Crippen molar-refractivity contribution < 1.29 is 36.3 Å². The first-order chi connectivity index (χ1) is 18.5. The fourth-order valence-electron chi connectivity index (χ4n) is 4.36. The molecule has 1 saturated heterocycles. The Morgan fingerprint density at radius 3 is 2.46 bits per heavy atom. The number of benzene rings is 1. The molecule has 208 valence electrons. The lowest BCUT2D eigenvalue weighted by atomic mass is 9.98. The first-order valence-corrected chi connectivity index (χ1v) is 13.5. The van der Waals surface area contributed by atoms with E-state index in [1.807, 2.05) is 4.90 Å². The molecule has 3 heterocycles. The third kappa shape index (κ3) is 7.62. The zero-order chi connectivity index (χ0) is 28.6. The van der Waals surface area contributed by atoms with Crippen LogP contribution in [0, 0.1) is 5.92 Å². The van der Waals surface area contributed by atoms with Gasteiger partial charge in [0.1, 0.15) is 11.6 Å². The van der Waals surface area contributed by atoms with Crippen molar-refractivity contribution in [3.05, 3.63) is 65.7 Å². The van der Waals surface area contributed by atoms with Crippen LogP contribution >= 0.6 is 0 Å². The van der Waals surface area contributed by atoms with Crippen molar-refractivity contribution in [3.8, 4) is 11.3 Å². The number of sulfonamides is 1. The fourth-order valence-corrected chi connectivity index (χ4v) is 5.32. The Bertz CT molecular complexity index is 1430. The van der Waals surface area contributed by atoms with Crippen molar-refractivity contribution in [2.75, 3.05) is 29.3 Å². The molecule has 2 aromatic heterocycles. The number of nitrogens with one attached hydrogen (secondary N) is 1. The Morgan fingerprint density at radius 1 is 1.08 bits per heavy atom. The van der Waals surface area contributed by atoms with Gasteiger partial charge < -0.3 is 10.0 Å². The molecule has 2 N–H and O–H groups in total. The van der Waals surface area contributed by atoms with Crippen LogP contribution in [0.2, 0.25) is 0 Å². The van der Waals surface area contributed by atoms with Gasteiger partial charge in [0.15, 0.2) is 5.03 Å². The highest BCUT2D eigenvalue weighted by molar-refractivity contribution is 7.92. The minimum Gasteiger partial charge on any atom is -0.396 e. The molecule has 1 aliphatic rings. The molecule has 1 unspecified atom stereocenters. The van der Waals surface area contributed by atoms with Crippen LogP contribution < -0.4 is 9.62 Å². The molecule has 0 bridgehead atoms. The number of pyridine rings is 2. The molecule has 1 fully saturated rings. The summed E-state index contributed by atoms with van der Waals surface area (Å²) in [6.45, 7) is 3.40. The van der Waals surface area contributed by atoms with E-state index in [4.69, 9.17) is 9.59 Å². The number of halogens is 3. The second-order valence-corrected chi connectivity index (χ2v) is 10.6. The maximum Gasteiger partial charge on any atom is 0.418 e. The van der Waals surface area contributed by atoms with Crippen LogP contribution in [0.25, 0.3) is 11.3 Å². The molecule has 39 heavy (non-hydrogen) atoms. The Hall–Kier alpha value is -3.80. The smallest absolute Gasteiger partial charge is 0.396 e. The van der Waals surface area contributed by atoms with Crippen LogP contribution in [-0.4, -0.2) is 49.3 Å². The van der Waals surface area contributed by atoms with E-state index >= 15 is 0 Å². The summed E-state index contributed by atoms with van der Waals surface area (Å²) in [5, 5.41) is 9.09. The maximum atomic E-state index is 13.8. The van der Waals surface area contributed by atoms with Crippen LogP contribution in [0.1, 0.15) is 30.9 Å². The lowest BCUT2D eigenvalue weighted by Gasteiger charge is -2.31. The van der Waals surface area contributed by atoms with Gasteiger partial charge in [0, 0.05) is 25.3 Å². The van der Waals surface area contributed by atoms with E-state index in [-0.39, 0.29) is 35.6 Å². The van der Waals surface area contributed by atoms with Gasteiger partial charge in [0.05, 0.1) is 11.3 Å². The predicted molar refractivity (Wildman–Crippen MR) is 136 cm³/mol. The third-order valence-electron chi connectivity index (χ3n) is 6.06. The summed E-state index contributed by atoms with van der Waals surface area (Å²) < 4.78 is 69.9. The Balaban J connectivity index is 0.00000134. The Morgan fingerprint density at radius 2 is 1.79 bits per heavy atom. The van der Waals surface area contributed by atoms with Crippen LogP contribution in [0.3, 0.4) is 0 Å². The fraction of sp³-hybridized carbons (Fsp3) is 0.346. The topological polar surface area (TPSA) is 130 Å². The molecule has 0 aliphatic carbocycles. The second-order valence-electron chi connectivity index (χ2n) is 8.94. The summed E-state index contributed by atoms with van der Waals surface area (Å²) in [6, 6.07) is 12.7. The molecule has 0 radical (unpaired) electrons. The number of aromatic nitrogens is 2. The average Bonchev–Trinajstić information content (AvgIpc) is 2.89. The molecule has 1 aliphatic heterocycles. The van der Waals surface area contributed by atoms with Crippen LogP contribution in [0.4, 0.5) is 24.8 Å². The van der Waals surface area contributed by atoms with Crippen molar-refractivity contribution in [2.45, 2.75) is 37.4 Å². The number of hydrogen-bond acceptors (Lipinski definition) is 8. The van der Waals surface area contributed by atoms with Crippen LogP contribution in [-0.2, 0) is 32.2 Å². The summed E-state index contributed by atoms with van der Waals surface area (Å²) in [5.41, 5.74) is -0.798. The molecule has 0 amide bonds. The molecular formula is C26H27F3N4O5S. The summed E-state index contributed by atoms with van der Waals surface area (Å²) in [7, 11) is -4.23. The van der Waals surface area contributed by atoms with E-state index in [0.29, 0.717) is 17.3 Å². The lowest BCUT2D eigenvalue weighted by Crippen LogP contribution is -2.35. The molecule has 1 aromatic carbocycles. The van der Waals surface area contributed by atoms with Gasteiger partial charge in [-0.05, 0) is 55.0 Å². The first-order valence-electron chi connectivity index (χ1n) is 12.0. The second kappa shape index (κ2) is 12.8. The molecule has 0 spiro atoms. The van der Waals surface area contributed by atoms with Crippen molar-refractivity contribution >= 4 is 27.8 Å². The van der Waals surface area contributed by atoms with E-state index in [1.165, 1.54) is 12.1 Å². The molecule has 1 atom stereocenters. The number of anilines is 2. The van der Waals surface area contributed by atoms with Crippen molar-refractivity contribution in [1.29, 1.82) is 0 Å². The van der Waals surface area contributed by atoms with Gasteiger partial charge in [0.25, 0.3) is 10.0 Å². The van der Waals surface area contributed by atoms with E-state index in [1.54, 1.807) is 30.3 Å². The van der Waals surface area contributed by atoms with Gasteiger partial charge in [-0.15, -0.1) is 0 Å². The van der Waals surface area contributed by atoms with Gasteiger partial charge in [-0.1, -0.05) is 37.3 Å². The first kappa shape index (κ1) is 29.8. The highest BCUT2D eigenvalue weighted by Gasteiger charge is 2.35. The van der Waals surface area contributed by atoms with Gasteiger partial charge in [-0.3, -0.25) is 4.72 Å². The maximum absolute atomic E-state index is 13.8. The number of alkyl halides is 3. The summed E-state index contributed by atoms with van der Waals surface area (Å²) >= 11 is 0.